The highest BCUT2D eigenvalue weighted by Gasteiger charge is 2.49. The fourth-order valence-electron chi connectivity index (χ4n) is 4.53. The lowest BCUT2D eigenvalue weighted by molar-refractivity contribution is -0.137. The number of aromatic nitrogens is 2. The van der Waals surface area contributed by atoms with Gasteiger partial charge in [-0.3, -0.25) is 9.36 Å². The van der Waals surface area contributed by atoms with Gasteiger partial charge >= 0.3 is 11.9 Å². The molecule has 5 rings (SSSR count). The Bertz CT molecular complexity index is 1300. The van der Waals surface area contributed by atoms with Crippen LogP contribution in [0.15, 0.2) is 53.3 Å². The standard InChI is InChI=1S/C22H17ClF3N3O4/c23-13-4-6-16(7-5-13)33-11-18(30)27-10-15-9-17(27)19-20(31)29(21(32)28(15)19)14-3-1-2-12(8-14)22(24,25)26/h1-8,15,17,31H,9-11H2/t15?,17-/m1/s1. The molecule has 1 N–H and O–H groups in total. The van der Waals surface area contributed by atoms with E-state index in [-0.39, 0.29) is 36.5 Å². The summed E-state index contributed by atoms with van der Waals surface area (Å²) in [7, 11) is 0. The van der Waals surface area contributed by atoms with Crippen LogP contribution in [0.2, 0.25) is 5.02 Å². The number of aromatic hydroxyl groups is 1. The number of hydrogen-bond acceptors (Lipinski definition) is 4. The van der Waals surface area contributed by atoms with E-state index in [1.165, 1.54) is 21.6 Å². The third-order valence-electron chi connectivity index (χ3n) is 5.99. The SMILES string of the molecule is O=C(COc1ccc(Cl)cc1)N1CC2C[C@@H]1c1c(O)n(-c3cccc(C(F)(F)F)c3)c(=O)n12. The Labute approximate surface area is 190 Å². The fraction of sp³-hybridized carbons (Fsp3) is 0.273. The van der Waals surface area contributed by atoms with Crippen molar-refractivity contribution in [2.24, 2.45) is 0 Å². The van der Waals surface area contributed by atoms with Crippen molar-refractivity contribution >= 4 is 17.5 Å². The third kappa shape index (κ3) is 3.54. The summed E-state index contributed by atoms with van der Waals surface area (Å²) in [6.45, 7) is -0.00336. The van der Waals surface area contributed by atoms with Crippen LogP contribution < -0.4 is 10.4 Å². The quantitative estimate of drug-likeness (QED) is 0.615. The number of nitrogens with zero attached hydrogens (tertiary/aromatic N) is 3. The topological polar surface area (TPSA) is 76.7 Å². The number of carbonyl (C=O) groups excluding carboxylic acids is 1. The van der Waals surface area contributed by atoms with E-state index < -0.39 is 29.4 Å². The minimum Gasteiger partial charge on any atom is -0.493 e. The predicted molar refractivity (Wildman–Crippen MR) is 112 cm³/mol. The first-order valence-electron chi connectivity index (χ1n) is 10.1. The van der Waals surface area contributed by atoms with Crippen LogP contribution in [0, 0.1) is 0 Å². The van der Waals surface area contributed by atoms with Crippen molar-refractivity contribution in [3.63, 3.8) is 0 Å². The van der Waals surface area contributed by atoms with E-state index in [0.717, 1.165) is 16.7 Å². The van der Waals surface area contributed by atoms with Crippen LogP contribution in [0.1, 0.15) is 29.8 Å². The molecule has 0 spiro atoms. The molecule has 3 aromatic rings. The number of fused-ring (bicyclic) bond motifs is 5. The van der Waals surface area contributed by atoms with Crippen LogP contribution in [0.4, 0.5) is 13.2 Å². The second-order valence-electron chi connectivity index (χ2n) is 7.94. The number of halogens is 4. The first-order valence-corrected chi connectivity index (χ1v) is 10.4. The van der Waals surface area contributed by atoms with Crippen LogP contribution in [-0.2, 0) is 11.0 Å². The Morgan fingerprint density at radius 2 is 1.91 bits per heavy atom. The van der Waals surface area contributed by atoms with Crippen molar-refractivity contribution in [2.75, 3.05) is 13.2 Å². The van der Waals surface area contributed by atoms with Gasteiger partial charge in [0, 0.05) is 11.6 Å². The molecule has 2 aliphatic heterocycles. The average molecular weight is 480 g/mol. The maximum Gasteiger partial charge on any atom is 0.416 e. The van der Waals surface area contributed by atoms with Crippen molar-refractivity contribution in [1.29, 1.82) is 0 Å². The molecule has 2 aliphatic rings. The van der Waals surface area contributed by atoms with Crippen molar-refractivity contribution in [1.82, 2.24) is 14.0 Å². The Kier molecular flexibility index (Phi) is 4.93. The molecule has 7 nitrogen and oxygen atoms in total. The van der Waals surface area contributed by atoms with E-state index in [2.05, 4.69) is 0 Å². The zero-order chi connectivity index (χ0) is 23.5. The maximum absolute atomic E-state index is 13.1. The predicted octanol–water partition coefficient (Wildman–Crippen LogP) is 3.92. The molecule has 1 saturated heterocycles. The third-order valence-corrected chi connectivity index (χ3v) is 6.24. The van der Waals surface area contributed by atoms with Crippen LogP contribution in [0.25, 0.3) is 5.69 Å². The summed E-state index contributed by atoms with van der Waals surface area (Å²) < 4.78 is 47.1. The Morgan fingerprint density at radius 3 is 2.61 bits per heavy atom. The van der Waals surface area contributed by atoms with E-state index in [1.54, 1.807) is 24.3 Å². The first kappa shape index (κ1) is 21.4. The number of carbonyl (C=O) groups is 1. The first-order chi connectivity index (χ1) is 15.6. The molecule has 1 unspecified atom stereocenters. The number of rotatable bonds is 4. The van der Waals surface area contributed by atoms with Gasteiger partial charge in [0.2, 0.25) is 5.88 Å². The molecule has 0 saturated carbocycles. The van der Waals surface area contributed by atoms with Crippen molar-refractivity contribution in [3.8, 4) is 17.3 Å². The molecule has 3 heterocycles. The summed E-state index contributed by atoms with van der Waals surface area (Å²) >= 11 is 5.83. The monoisotopic (exact) mass is 479 g/mol. The van der Waals surface area contributed by atoms with Gasteiger partial charge < -0.3 is 14.7 Å². The molecule has 172 valence electrons. The van der Waals surface area contributed by atoms with Crippen molar-refractivity contribution in [3.05, 3.63) is 75.3 Å². The maximum atomic E-state index is 13.1. The summed E-state index contributed by atoms with van der Waals surface area (Å²) in [5, 5.41) is 11.3. The zero-order valence-electron chi connectivity index (χ0n) is 16.9. The molecule has 2 aromatic carbocycles. The highest BCUT2D eigenvalue weighted by atomic mass is 35.5. The fourth-order valence-corrected chi connectivity index (χ4v) is 4.66. The summed E-state index contributed by atoms with van der Waals surface area (Å²) in [6.07, 6.45) is -4.15. The van der Waals surface area contributed by atoms with Gasteiger partial charge in [0.05, 0.1) is 23.3 Å². The zero-order valence-corrected chi connectivity index (χ0v) is 17.7. The molecule has 11 heteroatoms. The molecular formula is C22H17ClF3N3O4. The molecule has 2 atom stereocenters. The van der Waals surface area contributed by atoms with Gasteiger partial charge in [0.15, 0.2) is 6.61 Å². The van der Waals surface area contributed by atoms with Gasteiger partial charge in [-0.1, -0.05) is 17.7 Å². The lowest BCUT2D eigenvalue weighted by atomic mass is 10.1. The Morgan fingerprint density at radius 1 is 1.18 bits per heavy atom. The molecule has 1 fully saturated rings. The second kappa shape index (κ2) is 7.58. The van der Waals surface area contributed by atoms with Gasteiger partial charge in [-0.15, -0.1) is 0 Å². The van der Waals surface area contributed by atoms with Gasteiger partial charge in [0.25, 0.3) is 5.91 Å². The van der Waals surface area contributed by atoms with E-state index in [0.29, 0.717) is 17.2 Å². The number of hydrogen-bond donors (Lipinski definition) is 1. The molecular weight excluding hydrogens is 463 g/mol. The number of imidazole rings is 1. The second-order valence-corrected chi connectivity index (χ2v) is 8.38. The van der Waals surface area contributed by atoms with Crippen molar-refractivity contribution in [2.45, 2.75) is 24.7 Å². The minimum atomic E-state index is -4.59. The Balaban J connectivity index is 1.42. The summed E-state index contributed by atoms with van der Waals surface area (Å²) in [6, 6.07) is 9.75. The van der Waals surface area contributed by atoms with E-state index >= 15 is 0 Å². The van der Waals surface area contributed by atoms with E-state index in [9.17, 15) is 27.9 Å². The number of alkyl halides is 3. The summed E-state index contributed by atoms with van der Waals surface area (Å²) in [4.78, 5) is 27.3. The lowest BCUT2D eigenvalue weighted by Gasteiger charge is -2.27. The average Bonchev–Trinajstić information content (AvgIpc) is 3.44. The van der Waals surface area contributed by atoms with Crippen LogP contribution in [0.5, 0.6) is 11.6 Å². The largest absolute Gasteiger partial charge is 0.493 e. The number of likely N-dealkylation sites (tertiary alicyclic amines) is 1. The molecule has 1 amide bonds. The molecule has 1 aromatic heterocycles. The molecule has 0 aliphatic carbocycles. The van der Waals surface area contributed by atoms with E-state index in [1.807, 2.05) is 0 Å². The van der Waals surface area contributed by atoms with Gasteiger partial charge in [-0.2, -0.15) is 13.2 Å². The number of amides is 1. The summed E-state index contributed by atoms with van der Waals surface area (Å²) in [5.74, 6) is -0.335. The lowest BCUT2D eigenvalue weighted by Crippen LogP contribution is -2.40. The van der Waals surface area contributed by atoms with Crippen LogP contribution in [-0.4, -0.2) is 38.2 Å². The molecule has 33 heavy (non-hydrogen) atoms. The highest BCUT2D eigenvalue weighted by Crippen LogP contribution is 2.48. The van der Waals surface area contributed by atoms with E-state index in [4.69, 9.17) is 16.3 Å². The van der Waals surface area contributed by atoms with Crippen LogP contribution in [0.3, 0.4) is 0 Å². The smallest absolute Gasteiger partial charge is 0.416 e. The summed E-state index contributed by atoms with van der Waals surface area (Å²) in [5.41, 5.74) is -1.46. The van der Waals surface area contributed by atoms with Crippen LogP contribution >= 0.6 is 11.6 Å². The number of benzene rings is 2. The van der Waals surface area contributed by atoms with Crippen molar-refractivity contribution < 1.29 is 27.8 Å². The van der Waals surface area contributed by atoms with Gasteiger partial charge in [0.1, 0.15) is 11.4 Å². The normalized spacial score (nSPS) is 19.1. The Hall–Kier alpha value is -3.40. The minimum absolute atomic E-state index is 0.0995. The molecule has 0 radical (unpaired) electrons. The van der Waals surface area contributed by atoms with Gasteiger partial charge in [-0.05, 0) is 48.9 Å². The van der Waals surface area contributed by atoms with Gasteiger partial charge in [-0.25, -0.2) is 9.36 Å². The number of ether oxygens (including phenoxy) is 1. The molecule has 2 bridgehead atoms. The highest BCUT2D eigenvalue weighted by molar-refractivity contribution is 6.30.